The second kappa shape index (κ2) is 7.72. The Balaban J connectivity index is 2.08. The first-order chi connectivity index (χ1) is 11.8. The Bertz CT molecular complexity index is 716. The van der Waals surface area contributed by atoms with Crippen LogP contribution in [0.2, 0.25) is 0 Å². The third kappa shape index (κ3) is 4.62. The molecule has 25 heavy (non-hydrogen) atoms. The molecule has 0 saturated heterocycles. The van der Waals surface area contributed by atoms with E-state index in [0.717, 1.165) is 5.56 Å². The smallest absolute Gasteiger partial charge is 0.168 e. The third-order valence-electron chi connectivity index (χ3n) is 4.41. The number of benzene rings is 1. The topological polar surface area (TPSA) is 68.1 Å². The molecule has 0 amide bonds. The van der Waals surface area contributed by atoms with Gasteiger partial charge in [-0.25, -0.2) is 0 Å². The number of methoxy groups -OCH3 is 2. The summed E-state index contributed by atoms with van der Waals surface area (Å²) in [7, 11) is 3.21. The van der Waals surface area contributed by atoms with E-state index in [0.29, 0.717) is 48.6 Å². The zero-order chi connectivity index (χ0) is 18.6. The predicted octanol–water partition coefficient (Wildman–Crippen LogP) is 3.91. The monoisotopic (exact) mass is 345 g/mol. The van der Waals surface area contributed by atoms with Crippen LogP contribution in [0.3, 0.4) is 0 Å². The summed E-state index contributed by atoms with van der Waals surface area (Å²) in [5.74, 6) is 1.51. The van der Waals surface area contributed by atoms with E-state index in [9.17, 15) is 9.90 Å². The second-order valence-corrected chi connectivity index (χ2v) is 7.17. The fraction of sp³-hybridized carbons (Fsp3) is 0.500. The molecule has 1 aliphatic carbocycles. The maximum atomic E-state index is 12.3. The van der Waals surface area contributed by atoms with E-state index in [2.05, 4.69) is 4.99 Å². The number of carbonyl (C=O) groups is 1. The number of Topliss-reactive ketones (excluding diaryl/α,β-unsaturated/α-hetero) is 1. The van der Waals surface area contributed by atoms with Crippen molar-refractivity contribution in [2.75, 3.05) is 20.8 Å². The molecule has 0 aliphatic heterocycles. The van der Waals surface area contributed by atoms with Crippen molar-refractivity contribution in [2.45, 2.75) is 40.0 Å². The lowest BCUT2D eigenvalue weighted by molar-refractivity contribution is -0.117. The Kier molecular flexibility index (Phi) is 5.88. The van der Waals surface area contributed by atoms with Crippen LogP contribution in [0.25, 0.3) is 0 Å². The lowest BCUT2D eigenvalue weighted by atomic mass is 9.76. The Morgan fingerprint density at radius 3 is 2.48 bits per heavy atom. The number of nitrogens with zero attached hydrogens (tertiary/aromatic N) is 1. The van der Waals surface area contributed by atoms with Gasteiger partial charge in [0.15, 0.2) is 17.3 Å². The number of aliphatic hydroxyl groups is 1. The van der Waals surface area contributed by atoms with E-state index >= 15 is 0 Å². The summed E-state index contributed by atoms with van der Waals surface area (Å²) in [5.41, 5.74) is 1.89. The SMILES string of the molecule is COc1ccc(CCN=C(C)C2=C(O)CC(C)(C)CC2=O)cc1OC. The lowest BCUT2D eigenvalue weighted by Crippen LogP contribution is -2.28. The first-order valence-electron chi connectivity index (χ1n) is 8.45. The molecule has 1 aliphatic rings. The Morgan fingerprint density at radius 1 is 1.20 bits per heavy atom. The van der Waals surface area contributed by atoms with E-state index in [1.54, 1.807) is 21.1 Å². The van der Waals surface area contributed by atoms with Crippen molar-refractivity contribution < 1.29 is 19.4 Å². The Hall–Kier alpha value is -2.30. The van der Waals surface area contributed by atoms with Crippen molar-refractivity contribution in [3.05, 3.63) is 35.1 Å². The molecule has 5 nitrogen and oxygen atoms in total. The van der Waals surface area contributed by atoms with Gasteiger partial charge >= 0.3 is 0 Å². The number of aliphatic hydroxyl groups excluding tert-OH is 1. The molecule has 136 valence electrons. The van der Waals surface area contributed by atoms with Crippen LogP contribution in [-0.2, 0) is 11.2 Å². The first-order valence-corrected chi connectivity index (χ1v) is 8.45. The summed E-state index contributed by atoms with van der Waals surface area (Å²) in [6.07, 6.45) is 1.66. The maximum Gasteiger partial charge on any atom is 0.168 e. The quantitative estimate of drug-likeness (QED) is 0.794. The van der Waals surface area contributed by atoms with Crippen molar-refractivity contribution in [2.24, 2.45) is 10.4 Å². The van der Waals surface area contributed by atoms with Gasteiger partial charge < -0.3 is 14.6 Å². The number of hydrogen-bond acceptors (Lipinski definition) is 5. The highest BCUT2D eigenvalue weighted by Gasteiger charge is 2.33. The number of ketones is 1. The maximum absolute atomic E-state index is 12.3. The molecule has 0 saturated carbocycles. The molecule has 0 atom stereocenters. The molecule has 0 spiro atoms. The van der Waals surface area contributed by atoms with Crippen molar-refractivity contribution in [1.29, 1.82) is 0 Å². The molecule has 5 heteroatoms. The fourth-order valence-corrected chi connectivity index (χ4v) is 3.17. The number of carbonyl (C=O) groups excluding carboxylic acids is 1. The summed E-state index contributed by atoms with van der Waals surface area (Å²) in [4.78, 5) is 16.8. The molecule has 0 heterocycles. The van der Waals surface area contributed by atoms with Crippen molar-refractivity contribution in [3.63, 3.8) is 0 Å². The molecule has 0 aromatic heterocycles. The highest BCUT2D eigenvalue weighted by atomic mass is 16.5. The average Bonchev–Trinajstić information content (AvgIpc) is 2.52. The van der Waals surface area contributed by atoms with E-state index in [-0.39, 0.29) is 17.0 Å². The van der Waals surface area contributed by atoms with Crippen LogP contribution in [0.1, 0.15) is 39.2 Å². The van der Waals surface area contributed by atoms with E-state index < -0.39 is 0 Å². The van der Waals surface area contributed by atoms with Gasteiger partial charge in [-0.15, -0.1) is 0 Å². The summed E-state index contributed by atoms with van der Waals surface area (Å²) in [5, 5.41) is 10.2. The van der Waals surface area contributed by atoms with Crippen molar-refractivity contribution >= 4 is 11.5 Å². The number of aliphatic imine (C=N–C) groups is 1. The van der Waals surface area contributed by atoms with Crippen LogP contribution in [0.15, 0.2) is 34.5 Å². The highest BCUT2D eigenvalue weighted by molar-refractivity contribution is 6.22. The summed E-state index contributed by atoms with van der Waals surface area (Å²) in [6, 6.07) is 5.76. The van der Waals surface area contributed by atoms with Gasteiger partial charge in [0.05, 0.1) is 19.8 Å². The minimum Gasteiger partial charge on any atom is -0.511 e. The average molecular weight is 345 g/mol. The lowest BCUT2D eigenvalue weighted by Gasteiger charge is -2.29. The number of allylic oxidation sites excluding steroid dienone is 2. The summed E-state index contributed by atoms with van der Waals surface area (Å²) < 4.78 is 10.5. The minimum atomic E-state index is -0.190. The molecule has 1 aromatic rings. The van der Waals surface area contributed by atoms with Crippen molar-refractivity contribution in [1.82, 2.24) is 0 Å². The Labute approximate surface area is 149 Å². The molecule has 2 rings (SSSR count). The number of ether oxygens (including phenoxy) is 2. The van der Waals surface area contributed by atoms with Crippen LogP contribution in [0.5, 0.6) is 11.5 Å². The summed E-state index contributed by atoms with van der Waals surface area (Å²) in [6.45, 7) is 6.30. The van der Waals surface area contributed by atoms with Crippen molar-refractivity contribution in [3.8, 4) is 11.5 Å². The highest BCUT2D eigenvalue weighted by Crippen LogP contribution is 2.36. The van der Waals surface area contributed by atoms with E-state index in [1.807, 2.05) is 32.0 Å². The molecular formula is C20H27NO4. The molecule has 0 fully saturated rings. The standard InChI is InChI=1S/C20H27NO4/c1-13(19-15(22)11-20(2,3)12-16(19)23)21-9-8-14-6-7-17(24-4)18(10-14)25-5/h6-7,10,22H,8-9,11-12H2,1-5H3. The van der Waals surface area contributed by atoms with Crippen LogP contribution >= 0.6 is 0 Å². The fourth-order valence-electron chi connectivity index (χ4n) is 3.17. The molecule has 1 N–H and O–H groups in total. The molecule has 0 bridgehead atoms. The zero-order valence-corrected chi connectivity index (χ0v) is 15.7. The van der Waals surface area contributed by atoms with Gasteiger partial charge in [0.2, 0.25) is 0 Å². The van der Waals surface area contributed by atoms with Crippen LogP contribution in [0.4, 0.5) is 0 Å². The number of hydrogen-bond donors (Lipinski definition) is 1. The number of rotatable bonds is 6. The van der Waals surface area contributed by atoms with Gasteiger partial charge in [0.1, 0.15) is 5.76 Å². The molecule has 0 radical (unpaired) electrons. The normalized spacial score (nSPS) is 17.6. The van der Waals surface area contributed by atoms with Gasteiger partial charge in [-0.05, 0) is 36.5 Å². The van der Waals surface area contributed by atoms with Gasteiger partial charge in [0, 0.05) is 25.1 Å². The molecular weight excluding hydrogens is 318 g/mol. The second-order valence-electron chi connectivity index (χ2n) is 7.17. The van der Waals surface area contributed by atoms with Gasteiger partial charge in [-0.2, -0.15) is 0 Å². The largest absolute Gasteiger partial charge is 0.511 e. The zero-order valence-electron chi connectivity index (χ0n) is 15.7. The summed E-state index contributed by atoms with van der Waals surface area (Å²) >= 11 is 0. The molecule has 0 unspecified atom stereocenters. The third-order valence-corrected chi connectivity index (χ3v) is 4.41. The molecule has 1 aromatic carbocycles. The van der Waals surface area contributed by atoms with E-state index in [1.165, 1.54) is 0 Å². The Morgan fingerprint density at radius 2 is 1.88 bits per heavy atom. The van der Waals surface area contributed by atoms with Crippen LogP contribution in [-0.4, -0.2) is 37.4 Å². The predicted molar refractivity (Wildman–Crippen MR) is 98.9 cm³/mol. The minimum absolute atomic E-state index is 0.0267. The van der Waals surface area contributed by atoms with Crippen LogP contribution in [0, 0.1) is 5.41 Å². The van der Waals surface area contributed by atoms with E-state index in [4.69, 9.17) is 9.47 Å². The van der Waals surface area contributed by atoms with Crippen LogP contribution < -0.4 is 9.47 Å². The van der Waals surface area contributed by atoms with Gasteiger partial charge in [0.25, 0.3) is 0 Å². The first kappa shape index (κ1) is 19.0. The van der Waals surface area contributed by atoms with Gasteiger partial charge in [-0.3, -0.25) is 9.79 Å². The van der Waals surface area contributed by atoms with Gasteiger partial charge in [-0.1, -0.05) is 19.9 Å².